The summed E-state index contributed by atoms with van der Waals surface area (Å²) in [6, 6.07) is 8.38. The van der Waals surface area contributed by atoms with Gasteiger partial charge in [-0.2, -0.15) is 0 Å². The quantitative estimate of drug-likeness (QED) is 0.683. The molecule has 1 aromatic rings. The summed E-state index contributed by atoms with van der Waals surface area (Å²) in [4.78, 5) is 0. The van der Waals surface area contributed by atoms with Gasteiger partial charge in [-0.15, -0.1) is 0 Å². The van der Waals surface area contributed by atoms with Crippen LogP contribution in [-0.4, -0.2) is 25.8 Å². The molecule has 0 radical (unpaired) electrons. The molecule has 102 valence electrons. The number of rotatable bonds is 9. The fraction of sp³-hybridized carbons (Fsp3) is 0.600. The maximum Gasteiger partial charge on any atom is 0.161 e. The molecule has 0 aliphatic heterocycles. The van der Waals surface area contributed by atoms with Gasteiger partial charge in [-0.1, -0.05) is 26.0 Å². The van der Waals surface area contributed by atoms with Crippen LogP contribution < -0.4 is 14.8 Å². The van der Waals surface area contributed by atoms with E-state index in [1.54, 1.807) is 0 Å². The van der Waals surface area contributed by atoms with Gasteiger partial charge in [0.2, 0.25) is 0 Å². The van der Waals surface area contributed by atoms with Crippen molar-refractivity contribution in [1.29, 1.82) is 0 Å². The highest BCUT2D eigenvalue weighted by Gasteiger charge is 2.03. The largest absolute Gasteiger partial charge is 0.490 e. The molecule has 0 aromatic heterocycles. The van der Waals surface area contributed by atoms with Gasteiger partial charge in [0.25, 0.3) is 0 Å². The van der Waals surface area contributed by atoms with Crippen molar-refractivity contribution >= 4 is 0 Å². The van der Waals surface area contributed by atoms with Gasteiger partial charge in [-0.05, 0) is 31.9 Å². The average molecular weight is 251 g/mol. The van der Waals surface area contributed by atoms with Crippen LogP contribution in [0.1, 0.15) is 33.6 Å². The first-order valence-corrected chi connectivity index (χ1v) is 6.85. The lowest BCUT2D eigenvalue weighted by Crippen LogP contribution is -2.29. The molecule has 1 rings (SSSR count). The van der Waals surface area contributed by atoms with Crippen molar-refractivity contribution in [2.24, 2.45) is 0 Å². The van der Waals surface area contributed by atoms with Gasteiger partial charge in [0.05, 0.1) is 6.61 Å². The van der Waals surface area contributed by atoms with E-state index in [2.05, 4.69) is 26.1 Å². The molecule has 3 heteroatoms. The molecule has 1 unspecified atom stereocenters. The third-order valence-electron chi connectivity index (χ3n) is 2.78. The first-order valence-electron chi connectivity index (χ1n) is 6.85. The summed E-state index contributed by atoms with van der Waals surface area (Å²) in [6.07, 6.45) is 2.14. The Balaban J connectivity index is 2.36. The monoisotopic (exact) mass is 251 g/mol. The third kappa shape index (κ3) is 5.41. The van der Waals surface area contributed by atoms with E-state index in [4.69, 9.17) is 9.47 Å². The molecule has 0 aliphatic carbocycles. The number of benzene rings is 1. The van der Waals surface area contributed by atoms with Gasteiger partial charge in [-0.25, -0.2) is 0 Å². The van der Waals surface area contributed by atoms with E-state index < -0.39 is 0 Å². The van der Waals surface area contributed by atoms with E-state index >= 15 is 0 Å². The molecule has 0 fully saturated rings. The molecule has 18 heavy (non-hydrogen) atoms. The van der Waals surface area contributed by atoms with E-state index in [1.807, 2.05) is 24.3 Å². The Hall–Kier alpha value is -1.22. The Morgan fingerprint density at radius 3 is 2.22 bits per heavy atom. The van der Waals surface area contributed by atoms with E-state index in [9.17, 15) is 0 Å². The summed E-state index contributed by atoms with van der Waals surface area (Å²) in [5, 5.41) is 3.40. The lowest BCUT2D eigenvalue weighted by Gasteiger charge is -2.14. The van der Waals surface area contributed by atoms with Crippen LogP contribution in [0.5, 0.6) is 11.5 Å². The molecule has 3 nitrogen and oxygen atoms in total. The zero-order chi connectivity index (χ0) is 13.2. The molecule has 0 amide bonds. The predicted octanol–water partition coefficient (Wildman–Crippen LogP) is 3.24. The molecule has 1 N–H and O–H groups in total. The Morgan fingerprint density at radius 2 is 1.67 bits per heavy atom. The van der Waals surface area contributed by atoms with Crippen LogP contribution in [0.3, 0.4) is 0 Å². The second-order valence-corrected chi connectivity index (χ2v) is 4.41. The van der Waals surface area contributed by atoms with Crippen LogP contribution >= 0.6 is 0 Å². The van der Waals surface area contributed by atoms with Crippen LogP contribution in [0.4, 0.5) is 0 Å². The van der Waals surface area contributed by atoms with Gasteiger partial charge in [-0.3, -0.25) is 0 Å². The minimum absolute atomic E-state index is 0.542. The lowest BCUT2D eigenvalue weighted by atomic mass is 10.3. The summed E-state index contributed by atoms with van der Waals surface area (Å²) in [5.41, 5.74) is 0. The predicted molar refractivity (Wildman–Crippen MR) is 75.5 cm³/mol. The summed E-state index contributed by atoms with van der Waals surface area (Å²) >= 11 is 0. The Bertz CT molecular complexity index is 328. The second kappa shape index (κ2) is 8.81. The first kappa shape index (κ1) is 14.8. The summed E-state index contributed by atoms with van der Waals surface area (Å²) in [6.45, 7) is 8.70. The van der Waals surface area contributed by atoms with Crippen LogP contribution in [0.25, 0.3) is 0 Å². The fourth-order valence-electron chi connectivity index (χ4n) is 1.51. The van der Waals surface area contributed by atoms with Crippen molar-refractivity contribution in [3.8, 4) is 11.5 Å². The zero-order valence-corrected chi connectivity index (χ0v) is 11.7. The van der Waals surface area contributed by atoms with Crippen molar-refractivity contribution in [3.63, 3.8) is 0 Å². The first-order chi connectivity index (χ1) is 8.77. The van der Waals surface area contributed by atoms with Crippen LogP contribution in [-0.2, 0) is 0 Å². The van der Waals surface area contributed by atoms with Crippen LogP contribution in [0.15, 0.2) is 24.3 Å². The molecular weight excluding hydrogens is 226 g/mol. The van der Waals surface area contributed by atoms with Crippen LogP contribution in [0.2, 0.25) is 0 Å². The average Bonchev–Trinajstić information content (AvgIpc) is 2.42. The van der Waals surface area contributed by atoms with E-state index in [-0.39, 0.29) is 0 Å². The lowest BCUT2D eigenvalue weighted by molar-refractivity contribution is 0.265. The van der Waals surface area contributed by atoms with E-state index in [0.717, 1.165) is 37.5 Å². The van der Waals surface area contributed by atoms with Crippen molar-refractivity contribution in [2.75, 3.05) is 19.8 Å². The fourth-order valence-corrected chi connectivity index (χ4v) is 1.51. The Kier molecular flexibility index (Phi) is 7.26. The van der Waals surface area contributed by atoms with Crippen LogP contribution in [0, 0.1) is 0 Å². The summed E-state index contributed by atoms with van der Waals surface area (Å²) in [5.74, 6) is 1.67. The highest BCUT2D eigenvalue weighted by molar-refractivity contribution is 5.39. The van der Waals surface area contributed by atoms with Gasteiger partial charge in [0, 0.05) is 12.6 Å². The van der Waals surface area contributed by atoms with Gasteiger partial charge >= 0.3 is 0 Å². The summed E-state index contributed by atoms with van der Waals surface area (Å²) in [7, 11) is 0. The molecular formula is C15H25NO2. The highest BCUT2D eigenvalue weighted by atomic mass is 16.5. The standard InChI is InChI=1S/C15H25NO2/c1-4-11-17-14-8-6-7-9-15(14)18-12-10-16-13(3)5-2/h6-9,13,16H,4-5,10-12H2,1-3H3. The minimum atomic E-state index is 0.542. The SMILES string of the molecule is CCCOc1ccccc1OCCNC(C)CC. The number of nitrogens with one attached hydrogen (secondary N) is 1. The summed E-state index contributed by atoms with van der Waals surface area (Å²) < 4.78 is 11.4. The molecule has 1 atom stereocenters. The third-order valence-corrected chi connectivity index (χ3v) is 2.78. The van der Waals surface area contributed by atoms with Gasteiger partial charge in [0.1, 0.15) is 6.61 Å². The highest BCUT2D eigenvalue weighted by Crippen LogP contribution is 2.26. The second-order valence-electron chi connectivity index (χ2n) is 4.41. The Morgan fingerprint density at radius 1 is 1.06 bits per heavy atom. The zero-order valence-electron chi connectivity index (χ0n) is 11.7. The smallest absolute Gasteiger partial charge is 0.161 e. The van der Waals surface area contributed by atoms with E-state index in [0.29, 0.717) is 12.6 Å². The van der Waals surface area contributed by atoms with Crippen molar-refractivity contribution in [3.05, 3.63) is 24.3 Å². The maximum atomic E-state index is 5.74. The van der Waals surface area contributed by atoms with Gasteiger partial charge < -0.3 is 14.8 Å². The van der Waals surface area contributed by atoms with Crippen molar-refractivity contribution in [1.82, 2.24) is 5.32 Å². The van der Waals surface area contributed by atoms with Crippen molar-refractivity contribution in [2.45, 2.75) is 39.7 Å². The molecule has 0 bridgehead atoms. The van der Waals surface area contributed by atoms with Crippen molar-refractivity contribution < 1.29 is 9.47 Å². The molecule has 0 heterocycles. The maximum absolute atomic E-state index is 5.74. The molecule has 0 aliphatic rings. The Labute approximate surface area is 110 Å². The molecule has 0 spiro atoms. The number of ether oxygens (including phenoxy) is 2. The molecule has 0 saturated heterocycles. The number of para-hydroxylation sites is 2. The number of hydrogen-bond acceptors (Lipinski definition) is 3. The number of hydrogen-bond donors (Lipinski definition) is 1. The van der Waals surface area contributed by atoms with Gasteiger partial charge in [0.15, 0.2) is 11.5 Å². The normalized spacial score (nSPS) is 12.2. The topological polar surface area (TPSA) is 30.5 Å². The molecule has 0 saturated carbocycles. The molecule has 1 aromatic carbocycles. The minimum Gasteiger partial charge on any atom is -0.490 e. The van der Waals surface area contributed by atoms with E-state index in [1.165, 1.54) is 0 Å².